The quantitative estimate of drug-likeness (QED) is 0.351. The molecule has 0 aliphatic carbocycles. The van der Waals surface area contributed by atoms with Crippen LogP contribution in [0.25, 0.3) is 22.1 Å². The second kappa shape index (κ2) is 8.25. The first kappa shape index (κ1) is 19.5. The van der Waals surface area contributed by atoms with Gasteiger partial charge in [-0.05, 0) is 30.7 Å². The Labute approximate surface area is 173 Å². The Kier molecular flexibility index (Phi) is 5.35. The molecule has 4 aromatic rings. The number of benzene rings is 3. The highest BCUT2D eigenvalue weighted by Gasteiger charge is 2.15. The van der Waals surface area contributed by atoms with Crippen LogP contribution in [-0.4, -0.2) is 13.1 Å². The largest absolute Gasteiger partial charge is 0.496 e. The van der Waals surface area contributed by atoms with E-state index < -0.39 is 5.97 Å². The smallest absolute Gasteiger partial charge is 0.315 e. The molecule has 0 amide bonds. The van der Waals surface area contributed by atoms with Gasteiger partial charge in [0.1, 0.15) is 22.8 Å². The monoisotopic (exact) mass is 400 g/mol. The molecule has 3 aromatic carbocycles. The van der Waals surface area contributed by atoms with Crippen LogP contribution < -0.4 is 14.9 Å². The summed E-state index contributed by atoms with van der Waals surface area (Å²) in [5.41, 5.74) is 2.33. The number of rotatable bonds is 5. The third-order valence-corrected chi connectivity index (χ3v) is 4.86. The molecule has 0 aliphatic heterocycles. The van der Waals surface area contributed by atoms with Crippen molar-refractivity contribution in [3.63, 3.8) is 0 Å². The standard InChI is InChI=1S/C25H20O5/c1-16-24(17-8-4-3-5-9-17)25(27)20-13-12-19(15-22(20)29-16)30-23(26)14-18-10-6-7-11-21(18)28-2/h3-13,15H,14H2,1-2H3. The highest BCUT2D eigenvalue weighted by Crippen LogP contribution is 2.26. The van der Waals surface area contributed by atoms with E-state index in [2.05, 4.69) is 0 Å². The number of hydrogen-bond acceptors (Lipinski definition) is 5. The lowest BCUT2D eigenvalue weighted by molar-refractivity contribution is -0.133. The summed E-state index contributed by atoms with van der Waals surface area (Å²) >= 11 is 0. The SMILES string of the molecule is COc1ccccc1CC(=O)Oc1ccc2c(=O)c(-c3ccccc3)c(C)oc2c1. The number of esters is 1. The summed E-state index contributed by atoms with van der Waals surface area (Å²) in [5.74, 6) is 1.02. The summed E-state index contributed by atoms with van der Waals surface area (Å²) in [6.07, 6.45) is 0.0674. The van der Waals surface area contributed by atoms with Crippen LogP contribution >= 0.6 is 0 Å². The van der Waals surface area contributed by atoms with Crippen molar-refractivity contribution < 1.29 is 18.7 Å². The van der Waals surface area contributed by atoms with E-state index in [-0.39, 0.29) is 11.8 Å². The number of ether oxygens (including phenoxy) is 2. The molecule has 30 heavy (non-hydrogen) atoms. The van der Waals surface area contributed by atoms with Crippen molar-refractivity contribution in [1.82, 2.24) is 0 Å². The van der Waals surface area contributed by atoms with E-state index in [0.717, 1.165) is 11.1 Å². The Balaban J connectivity index is 1.63. The Morgan fingerprint density at radius 1 is 0.967 bits per heavy atom. The minimum absolute atomic E-state index is 0.0674. The number of methoxy groups -OCH3 is 1. The molecule has 5 nitrogen and oxygen atoms in total. The maximum Gasteiger partial charge on any atom is 0.315 e. The number of hydrogen-bond donors (Lipinski definition) is 0. The van der Waals surface area contributed by atoms with E-state index in [4.69, 9.17) is 13.9 Å². The molecule has 0 spiro atoms. The van der Waals surface area contributed by atoms with Gasteiger partial charge in [-0.3, -0.25) is 9.59 Å². The zero-order chi connectivity index (χ0) is 21.1. The van der Waals surface area contributed by atoms with Gasteiger partial charge in [-0.15, -0.1) is 0 Å². The van der Waals surface area contributed by atoms with Gasteiger partial charge >= 0.3 is 5.97 Å². The van der Waals surface area contributed by atoms with Crippen molar-refractivity contribution in [3.8, 4) is 22.6 Å². The number of para-hydroxylation sites is 1. The van der Waals surface area contributed by atoms with Gasteiger partial charge in [-0.1, -0.05) is 48.5 Å². The number of fused-ring (bicyclic) bond motifs is 1. The lowest BCUT2D eigenvalue weighted by atomic mass is 10.0. The predicted octanol–water partition coefficient (Wildman–Crippen LogP) is 4.93. The number of carbonyl (C=O) groups is 1. The van der Waals surface area contributed by atoms with Crippen molar-refractivity contribution in [2.45, 2.75) is 13.3 Å². The second-order valence-electron chi connectivity index (χ2n) is 6.85. The Bertz CT molecular complexity index is 1270. The van der Waals surface area contributed by atoms with Gasteiger partial charge in [0.15, 0.2) is 0 Å². The van der Waals surface area contributed by atoms with Crippen LogP contribution in [0.4, 0.5) is 0 Å². The van der Waals surface area contributed by atoms with Crippen LogP contribution in [-0.2, 0) is 11.2 Å². The van der Waals surface area contributed by atoms with Gasteiger partial charge in [0, 0.05) is 11.6 Å². The van der Waals surface area contributed by atoms with Gasteiger partial charge in [-0.2, -0.15) is 0 Å². The lowest BCUT2D eigenvalue weighted by Crippen LogP contribution is -2.12. The van der Waals surface area contributed by atoms with E-state index in [9.17, 15) is 9.59 Å². The first-order valence-corrected chi connectivity index (χ1v) is 9.52. The normalized spacial score (nSPS) is 10.7. The topological polar surface area (TPSA) is 65.7 Å². The van der Waals surface area contributed by atoms with E-state index >= 15 is 0 Å². The molecule has 0 atom stereocenters. The van der Waals surface area contributed by atoms with Crippen molar-refractivity contribution >= 4 is 16.9 Å². The molecule has 0 fully saturated rings. The highest BCUT2D eigenvalue weighted by molar-refractivity contribution is 5.85. The molecule has 0 aliphatic rings. The molecule has 0 radical (unpaired) electrons. The summed E-state index contributed by atoms with van der Waals surface area (Å²) < 4.78 is 16.6. The fraction of sp³-hybridized carbons (Fsp3) is 0.120. The van der Waals surface area contributed by atoms with Crippen LogP contribution in [0, 0.1) is 6.92 Å². The average Bonchev–Trinajstić information content (AvgIpc) is 2.74. The fourth-order valence-corrected chi connectivity index (χ4v) is 3.46. The van der Waals surface area contributed by atoms with Crippen LogP contribution in [0.2, 0.25) is 0 Å². The number of carbonyl (C=O) groups excluding carboxylic acids is 1. The van der Waals surface area contributed by atoms with Gasteiger partial charge in [0.05, 0.1) is 24.5 Å². The van der Waals surface area contributed by atoms with E-state index in [1.807, 2.05) is 48.5 Å². The van der Waals surface area contributed by atoms with Crippen molar-refractivity contribution in [3.05, 3.63) is 94.3 Å². The summed E-state index contributed by atoms with van der Waals surface area (Å²) in [6.45, 7) is 1.75. The van der Waals surface area contributed by atoms with Gasteiger partial charge in [0.2, 0.25) is 5.43 Å². The third kappa shape index (κ3) is 3.82. The highest BCUT2D eigenvalue weighted by atomic mass is 16.5. The van der Waals surface area contributed by atoms with Gasteiger partial charge in [-0.25, -0.2) is 0 Å². The fourth-order valence-electron chi connectivity index (χ4n) is 3.46. The molecule has 5 heteroatoms. The summed E-state index contributed by atoms with van der Waals surface area (Å²) in [7, 11) is 1.56. The van der Waals surface area contributed by atoms with Crippen molar-refractivity contribution in [2.24, 2.45) is 0 Å². The van der Waals surface area contributed by atoms with Crippen LogP contribution in [0.3, 0.4) is 0 Å². The second-order valence-corrected chi connectivity index (χ2v) is 6.85. The molecule has 4 rings (SSSR count). The molecular weight excluding hydrogens is 380 g/mol. The van der Waals surface area contributed by atoms with E-state index in [1.54, 1.807) is 38.3 Å². The molecule has 1 aromatic heterocycles. The summed E-state index contributed by atoms with van der Waals surface area (Å²) in [4.78, 5) is 25.4. The molecule has 0 bridgehead atoms. The average molecular weight is 400 g/mol. The van der Waals surface area contributed by atoms with Crippen LogP contribution in [0.5, 0.6) is 11.5 Å². The summed E-state index contributed by atoms with van der Waals surface area (Å²) in [6, 6.07) is 21.5. The minimum Gasteiger partial charge on any atom is -0.496 e. The Morgan fingerprint density at radius 2 is 1.70 bits per heavy atom. The molecular formula is C25H20O5. The van der Waals surface area contributed by atoms with Crippen LogP contribution in [0.1, 0.15) is 11.3 Å². The first-order valence-electron chi connectivity index (χ1n) is 9.52. The van der Waals surface area contributed by atoms with E-state index in [0.29, 0.717) is 33.8 Å². The predicted molar refractivity (Wildman–Crippen MR) is 115 cm³/mol. The molecule has 0 saturated heterocycles. The van der Waals surface area contributed by atoms with Crippen LogP contribution in [0.15, 0.2) is 82.0 Å². The lowest BCUT2D eigenvalue weighted by Gasteiger charge is -2.10. The zero-order valence-corrected chi connectivity index (χ0v) is 16.7. The Morgan fingerprint density at radius 3 is 2.47 bits per heavy atom. The number of aryl methyl sites for hydroxylation is 1. The van der Waals surface area contributed by atoms with Crippen molar-refractivity contribution in [1.29, 1.82) is 0 Å². The Hall–Kier alpha value is -3.86. The molecule has 0 saturated carbocycles. The van der Waals surface area contributed by atoms with Crippen molar-refractivity contribution in [2.75, 3.05) is 7.11 Å². The van der Waals surface area contributed by atoms with Gasteiger partial charge in [0.25, 0.3) is 0 Å². The molecule has 0 N–H and O–H groups in total. The maximum absolute atomic E-state index is 13.0. The maximum atomic E-state index is 13.0. The third-order valence-electron chi connectivity index (χ3n) is 4.86. The molecule has 1 heterocycles. The zero-order valence-electron chi connectivity index (χ0n) is 16.7. The summed E-state index contributed by atoms with van der Waals surface area (Å²) in [5, 5.41) is 0.434. The minimum atomic E-state index is -0.432. The van der Waals surface area contributed by atoms with E-state index in [1.165, 1.54) is 0 Å². The first-order chi connectivity index (χ1) is 14.6. The molecule has 150 valence electrons. The molecule has 0 unspecified atom stereocenters. The van der Waals surface area contributed by atoms with Gasteiger partial charge < -0.3 is 13.9 Å².